The second-order valence-electron chi connectivity index (χ2n) is 6.87. The van der Waals surface area contributed by atoms with Gasteiger partial charge in [-0.1, -0.05) is 6.42 Å². The zero-order valence-corrected chi connectivity index (χ0v) is 14.9. The second kappa shape index (κ2) is 6.86. The smallest absolute Gasteiger partial charge is 0.259 e. The first kappa shape index (κ1) is 16.7. The van der Waals surface area contributed by atoms with Crippen LogP contribution >= 0.6 is 0 Å². The van der Waals surface area contributed by atoms with Gasteiger partial charge in [-0.2, -0.15) is 0 Å². The number of anilines is 2. The van der Waals surface area contributed by atoms with Crippen LogP contribution in [0.15, 0.2) is 30.5 Å². The standard InChI is InChI=1S/C20H23N3O3/c1-25-17-8-7-14(9-18(17)26-15-5-3-2-4-6-15)23-12-13-11-22-19(21)10-16(13)20(23)24/h7-11,15H,2-6,12H2,1H3,(H2,21,22). The predicted octanol–water partition coefficient (Wildman–Crippen LogP) is 3.54. The van der Waals surface area contributed by atoms with Crippen LogP contribution < -0.4 is 20.1 Å². The molecule has 0 bridgehead atoms. The molecule has 1 saturated carbocycles. The van der Waals surface area contributed by atoms with Crippen molar-refractivity contribution in [2.24, 2.45) is 0 Å². The molecular weight excluding hydrogens is 330 g/mol. The van der Waals surface area contributed by atoms with E-state index in [4.69, 9.17) is 15.2 Å². The molecule has 0 radical (unpaired) electrons. The molecule has 0 atom stereocenters. The van der Waals surface area contributed by atoms with Crippen LogP contribution in [-0.2, 0) is 6.54 Å². The van der Waals surface area contributed by atoms with Crippen molar-refractivity contribution in [1.82, 2.24) is 4.98 Å². The number of nitrogens with two attached hydrogens (primary N) is 1. The minimum absolute atomic E-state index is 0.0668. The minimum atomic E-state index is -0.0668. The summed E-state index contributed by atoms with van der Waals surface area (Å²) in [5.74, 6) is 1.67. The highest BCUT2D eigenvalue weighted by atomic mass is 16.5. The van der Waals surface area contributed by atoms with Gasteiger partial charge in [0.1, 0.15) is 5.82 Å². The van der Waals surface area contributed by atoms with Crippen LogP contribution in [0.4, 0.5) is 11.5 Å². The van der Waals surface area contributed by atoms with Gasteiger partial charge in [-0.05, 0) is 43.9 Å². The van der Waals surface area contributed by atoms with Crippen molar-refractivity contribution in [2.75, 3.05) is 17.7 Å². The molecule has 0 saturated heterocycles. The molecule has 6 heteroatoms. The molecule has 26 heavy (non-hydrogen) atoms. The maximum absolute atomic E-state index is 12.8. The first-order valence-corrected chi connectivity index (χ1v) is 9.06. The summed E-state index contributed by atoms with van der Waals surface area (Å²) in [5.41, 5.74) is 8.01. The van der Waals surface area contributed by atoms with Crippen LogP contribution in [0.25, 0.3) is 0 Å². The van der Waals surface area contributed by atoms with E-state index in [-0.39, 0.29) is 12.0 Å². The molecule has 6 nitrogen and oxygen atoms in total. The number of aromatic nitrogens is 1. The molecule has 2 aliphatic rings. The van der Waals surface area contributed by atoms with Gasteiger partial charge in [-0.3, -0.25) is 4.79 Å². The first-order chi connectivity index (χ1) is 12.7. The Kier molecular flexibility index (Phi) is 4.41. The Morgan fingerprint density at radius 1 is 1.15 bits per heavy atom. The van der Waals surface area contributed by atoms with E-state index in [0.29, 0.717) is 29.4 Å². The summed E-state index contributed by atoms with van der Waals surface area (Å²) in [5, 5.41) is 0. The number of carbonyl (C=O) groups excluding carboxylic acids is 1. The lowest BCUT2D eigenvalue weighted by Gasteiger charge is -2.25. The molecule has 1 fully saturated rings. The fraction of sp³-hybridized carbons (Fsp3) is 0.400. The lowest BCUT2D eigenvalue weighted by molar-refractivity contribution is 0.0996. The third-order valence-corrected chi connectivity index (χ3v) is 5.12. The van der Waals surface area contributed by atoms with E-state index in [1.54, 1.807) is 24.3 Å². The molecule has 1 aliphatic heterocycles. The third-order valence-electron chi connectivity index (χ3n) is 5.12. The van der Waals surface area contributed by atoms with Crippen LogP contribution in [0.1, 0.15) is 48.0 Å². The van der Waals surface area contributed by atoms with Crippen molar-refractivity contribution < 1.29 is 14.3 Å². The number of carbonyl (C=O) groups is 1. The van der Waals surface area contributed by atoms with Gasteiger partial charge in [0, 0.05) is 23.5 Å². The lowest BCUT2D eigenvalue weighted by atomic mass is 9.98. The summed E-state index contributed by atoms with van der Waals surface area (Å²) < 4.78 is 11.7. The largest absolute Gasteiger partial charge is 0.493 e. The molecule has 136 valence electrons. The molecule has 0 unspecified atom stereocenters. The number of hydrogen-bond acceptors (Lipinski definition) is 5. The number of pyridine rings is 1. The van der Waals surface area contributed by atoms with Crippen LogP contribution in [0.5, 0.6) is 11.5 Å². The molecule has 2 N–H and O–H groups in total. The summed E-state index contributed by atoms with van der Waals surface area (Å²) in [6.45, 7) is 0.483. The molecule has 1 aliphatic carbocycles. The molecule has 1 aromatic carbocycles. The highest BCUT2D eigenvalue weighted by Crippen LogP contribution is 2.37. The maximum Gasteiger partial charge on any atom is 0.259 e. The van der Waals surface area contributed by atoms with E-state index in [2.05, 4.69) is 4.98 Å². The van der Waals surface area contributed by atoms with Crippen molar-refractivity contribution in [1.29, 1.82) is 0 Å². The number of nitrogens with zero attached hydrogens (tertiary/aromatic N) is 2. The molecule has 4 rings (SSSR count). The van der Waals surface area contributed by atoms with E-state index in [0.717, 1.165) is 24.1 Å². The van der Waals surface area contributed by atoms with Gasteiger partial charge in [0.05, 0.1) is 25.3 Å². The quantitative estimate of drug-likeness (QED) is 0.909. The fourth-order valence-corrected chi connectivity index (χ4v) is 3.71. The predicted molar refractivity (Wildman–Crippen MR) is 99.7 cm³/mol. The molecule has 2 heterocycles. The highest BCUT2D eigenvalue weighted by molar-refractivity contribution is 6.10. The minimum Gasteiger partial charge on any atom is -0.493 e. The first-order valence-electron chi connectivity index (χ1n) is 9.06. The van der Waals surface area contributed by atoms with Gasteiger partial charge in [0.25, 0.3) is 5.91 Å². The van der Waals surface area contributed by atoms with E-state index < -0.39 is 0 Å². The van der Waals surface area contributed by atoms with Gasteiger partial charge in [0.2, 0.25) is 0 Å². The monoisotopic (exact) mass is 353 g/mol. The lowest BCUT2D eigenvalue weighted by Crippen LogP contribution is -2.23. The zero-order valence-electron chi connectivity index (χ0n) is 14.9. The number of fused-ring (bicyclic) bond motifs is 1. The highest BCUT2D eigenvalue weighted by Gasteiger charge is 2.30. The normalized spacial score (nSPS) is 17.3. The SMILES string of the molecule is COc1ccc(N2Cc3cnc(N)cc3C2=O)cc1OC1CCCCC1. The zero-order chi connectivity index (χ0) is 18.1. The van der Waals surface area contributed by atoms with Crippen molar-refractivity contribution in [3.8, 4) is 11.5 Å². The Bertz CT molecular complexity index is 831. The Balaban J connectivity index is 1.61. The second-order valence-corrected chi connectivity index (χ2v) is 6.87. The van der Waals surface area contributed by atoms with Crippen molar-refractivity contribution in [2.45, 2.75) is 44.8 Å². The van der Waals surface area contributed by atoms with Gasteiger partial charge in [-0.25, -0.2) is 4.98 Å². The van der Waals surface area contributed by atoms with Crippen molar-refractivity contribution in [3.05, 3.63) is 41.6 Å². The van der Waals surface area contributed by atoms with E-state index in [1.165, 1.54) is 19.3 Å². The van der Waals surface area contributed by atoms with Crippen molar-refractivity contribution in [3.63, 3.8) is 0 Å². The van der Waals surface area contributed by atoms with E-state index in [1.807, 2.05) is 18.2 Å². The number of ether oxygens (including phenoxy) is 2. The van der Waals surface area contributed by atoms with Gasteiger partial charge >= 0.3 is 0 Å². The van der Waals surface area contributed by atoms with Crippen LogP contribution in [0, 0.1) is 0 Å². The number of amides is 1. The topological polar surface area (TPSA) is 77.7 Å². The van der Waals surface area contributed by atoms with Gasteiger partial charge < -0.3 is 20.1 Å². The van der Waals surface area contributed by atoms with Crippen LogP contribution in [0.2, 0.25) is 0 Å². The van der Waals surface area contributed by atoms with Gasteiger partial charge in [0.15, 0.2) is 11.5 Å². The maximum atomic E-state index is 12.8. The van der Waals surface area contributed by atoms with E-state index >= 15 is 0 Å². The summed E-state index contributed by atoms with van der Waals surface area (Å²) in [7, 11) is 1.63. The Hall–Kier alpha value is -2.76. The third kappa shape index (κ3) is 3.07. The summed E-state index contributed by atoms with van der Waals surface area (Å²) >= 11 is 0. The fourth-order valence-electron chi connectivity index (χ4n) is 3.71. The molecule has 1 aromatic heterocycles. The van der Waals surface area contributed by atoms with Crippen LogP contribution in [-0.4, -0.2) is 24.1 Å². The number of methoxy groups -OCH3 is 1. The Morgan fingerprint density at radius 2 is 1.96 bits per heavy atom. The van der Waals surface area contributed by atoms with Crippen LogP contribution in [0.3, 0.4) is 0 Å². The summed E-state index contributed by atoms with van der Waals surface area (Å²) in [4.78, 5) is 18.6. The molecule has 0 spiro atoms. The summed E-state index contributed by atoms with van der Waals surface area (Å²) in [6.07, 6.45) is 7.67. The Labute approximate surface area is 152 Å². The average Bonchev–Trinajstić information content (AvgIpc) is 2.99. The molecule has 1 amide bonds. The van der Waals surface area contributed by atoms with Gasteiger partial charge in [-0.15, -0.1) is 0 Å². The van der Waals surface area contributed by atoms with E-state index in [9.17, 15) is 4.79 Å². The van der Waals surface area contributed by atoms with Crippen molar-refractivity contribution >= 4 is 17.4 Å². The number of hydrogen-bond donors (Lipinski definition) is 1. The molecule has 2 aromatic rings. The number of nitrogen functional groups attached to an aromatic ring is 1. The summed E-state index contributed by atoms with van der Waals surface area (Å²) in [6, 6.07) is 7.28. The number of rotatable bonds is 4. The average molecular weight is 353 g/mol. The molecular formula is C20H23N3O3. The Morgan fingerprint density at radius 3 is 2.73 bits per heavy atom. The number of benzene rings is 1.